The number of carbonyl (C=O) groups excluding carboxylic acids is 1. The molecule has 1 unspecified atom stereocenters. The zero-order valence-corrected chi connectivity index (χ0v) is 13.0. The van der Waals surface area contributed by atoms with E-state index in [9.17, 15) is 4.79 Å². The van der Waals surface area contributed by atoms with Crippen LogP contribution < -0.4 is 5.32 Å². The maximum atomic E-state index is 12.7. The van der Waals surface area contributed by atoms with Gasteiger partial charge in [-0.3, -0.25) is 14.8 Å². The number of amides is 1. The van der Waals surface area contributed by atoms with Gasteiger partial charge >= 0.3 is 0 Å². The van der Waals surface area contributed by atoms with Crippen LogP contribution in [0.4, 0.5) is 5.69 Å². The van der Waals surface area contributed by atoms with Gasteiger partial charge in [0.25, 0.3) is 0 Å². The van der Waals surface area contributed by atoms with Gasteiger partial charge in [0.15, 0.2) is 0 Å². The Balaban J connectivity index is 1.80. The maximum absolute atomic E-state index is 12.7. The summed E-state index contributed by atoms with van der Waals surface area (Å²) in [6, 6.07) is 8.20. The SMILES string of the molecule is CC(C)N1CCCC1C(=O)Nc1ccccc1-c1cn[nH]c1. The fraction of sp³-hybridized carbons (Fsp3) is 0.412. The molecule has 0 saturated carbocycles. The van der Waals surface area contributed by atoms with E-state index in [1.54, 1.807) is 6.20 Å². The van der Waals surface area contributed by atoms with Gasteiger partial charge in [-0.1, -0.05) is 18.2 Å². The fourth-order valence-corrected chi connectivity index (χ4v) is 3.15. The van der Waals surface area contributed by atoms with E-state index in [2.05, 4.69) is 34.3 Å². The molecule has 1 aromatic carbocycles. The Bertz CT molecular complexity index is 636. The molecule has 1 fully saturated rings. The van der Waals surface area contributed by atoms with Crippen molar-refractivity contribution in [3.63, 3.8) is 0 Å². The molecular weight excluding hydrogens is 276 g/mol. The van der Waals surface area contributed by atoms with E-state index in [1.807, 2.05) is 30.5 Å². The van der Waals surface area contributed by atoms with Gasteiger partial charge in [-0.25, -0.2) is 0 Å². The molecule has 2 N–H and O–H groups in total. The molecule has 116 valence electrons. The van der Waals surface area contributed by atoms with Crippen LogP contribution in [0.3, 0.4) is 0 Å². The van der Waals surface area contributed by atoms with Gasteiger partial charge in [0, 0.05) is 29.1 Å². The first-order valence-corrected chi connectivity index (χ1v) is 7.81. The molecule has 0 radical (unpaired) electrons. The highest BCUT2D eigenvalue weighted by Gasteiger charge is 2.32. The number of H-pyrrole nitrogens is 1. The number of rotatable bonds is 4. The number of hydrogen-bond donors (Lipinski definition) is 2. The summed E-state index contributed by atoms with van der Waals surface area (Å²) < 4.78 is 0. The minimum atomic E-state index is -0.0302. The van der Waals surface area contributed by atoms with Crippen LogP contribution in [0.1, 0.15) is 26.7 Å². The van der Waals surface area contributed by atoms with Crippen LogP contribution >= 0.6 is 0 Å². The van der Waals surface area contributed by atoms with Gasteiger partial charge in [-0.2, -0.15) is 5.10 Å². The van der Waals surface area contributed by atoms with E-state index in [-0.39, 0.29) is 11.9 Å². The van der Waals surface area contributed by atoms with Gasteiger partial charge in [0.1, 0.15) is 0 Å². The third-order valence-electron chi connectivity index (χ3n) is 4.25. The third kappa shape index (κ3) is 2.90. The lowest BCUT2D eigenvalue weighted by Crippen LogP contribution is -2.43. The van der Waals surface area contributed by atoms with Crippen molar-refractivity contribution in [1.82, 2.24) is 15.1 Å². The van der Waals surface area contributed by atoms with E-state index >= 15 is 0 Å². The number of hydrogen-bond acceptors (Lipinski definition) is 3. The van der Waals surface area contributed by atoms with E-state index in [0.717, 1.165) is 36.2 Å². The van der Waals surface area contributed by atoms with Gasteiger partial charge in [-0.15, -0.1) is 0 Å². The monoisotopic (exact) mass is 298 g/mol. The number of nitrogens with one attached hydrogen (secondary N) is 2. The average molecular weight is 298 g/mol. The summed E-state index contributed by atoms with van der Waals surface area (Å²) in [7, 11) is 0. The van der Waals surface area contributed by atoms with Crippen LogP contribution in [-0.4, -0.2) is 39.6 Å². The smallest absolute Gasteiger partial charge is 0.241 e. The molecule has 22 heavy (non-hydrogen) atoms. The summed E-state index contributed by atoms with van der Waals surface area (Å²) >= 11 is 0. The zero-order valence-electron chi connectivity index (χ0n) is 13.0. The maximum Gasteiger partial charge on any atom is 0.241 e. The number of nitrogens with zero attached hydrogens (tertiary/aromatic N) is 2. The van der Waals surface area contributed by atoms with Crippen LogP contribution in [0.5, 0.6) is 0 Å². The lowest BCUT2D eigenvalue weighted by atomic mass is 10.1. The third-order valence-corrected chi connectivity index (χ3v) is 4.25. The summed E-state index contributed by atoms with van der Waals surface area (Å²) in [6.45, 7) is 5.29. The molecule has 1 aliphatic rings. The lowest BCUT2D eigenvalue weighted by molar-refractivity contribution is -0.120. The quantitative estimate of drug-likeness (QED) is 0.912. The van der Waals surface area contributed by atoms with E-state index in [0.29, 0.717) is 6.04 Å². The first kappa shape index (κ1) is 14.8. The normalized spacial score (nSPS) is 18.8. The minimum absolute atomic E-state index is 0.0302. The highest BCUT2D eigenvalue weighted by molar-refractivity contribution is 5.98. The van der Waals surface area contributed by atoms with Crippen LogP contribution in [0.2, 0.25) is 0 Å². The van der Waals surface area contributed by atoms with Gasteiger partial charge in [-0.05, 0) is 39.3 Å². The van der Waals surface area contributed by atoms with E-state index in [1.165, 1.54) is 0 Å². The number of para-hydroxylation sites is 1. The van der Waals surface area contributed by atoms with Gasteiger partial charge in [0.2, 0.25) is 5.91 Å². The second-order valence-electron chi connectivity index (χ2n) is 6.01. The molecule has 1 aliphatic heterocycles. The number of aromatic nitrogens is 2. The first-order valence-electron chi connectivity index (χ1n) is 7.81. The molecule has 2 heterocycles. The molecule has 3 rings (SSSR count). The second kappa shape index (κ2) is 6.32. The van der Waals surface area contributed by atoms with Gasteiger partial charge < -0.3 is 5.32 Å². The zero-order chi connectivity index (χ0) is 15.5. The Morgan fingerprint density at radius 3 is 2.95 bits per heavy atom. The number of carbonyl (C=O) groups is 1. The van der Waals surface area contributed by atoms with Crippen molar-refractivity contribution in [2.75, 3.05) is 11.9 Å². The molecule has 0 spiro atoms. The number of anilines is 1. The summed E-state index contributed by atoms with van der Waals surface area (Å²) in [4.78, 5) is 14.9. The predicted molar refractivity (Wildman–Crippen MR) is 87.5 cm³/mol. The Labute approximate surface area is 130 Å². The molecule has 0 aliphatic carbocycles. The van der Waals surface area contributed by atoms with Crippen LogP contribution in [0.15, 0.2) is 36.7 Å². The van der Waals surface area contributed by atoms with Crippen molar-refractivity contribution < 1.29 is 4.79 Å². The molecule has 5 nitrogen and oxygen atoms in total. The molecular formula is C17H22N4O. The van der Waals surface area contributed by atoms with Crippen molar-refractivity contribution >= 4 is 11.6 Å². The molecule has 5 heteroatoms. The second-order valence-corrected chi connectivity index (χ2v) is 6.01. The van der Waals surface area contributed by atoms with Crippen molar-refractivity contribution in [3.05, 3.63) is 36.7 Å². The Hall–Kier alpha value is -2.14. The fourth-order valence-electron chi connectivity index (χ4n) is 3.15. The molecule has 2 aromatic rings. The molecule has 1 amide bonds. The van der Waals surface area contributed by atoms with Crippen LogP contribution in [0, 0.1) is 0 Å². The van der Waals surface area contributed by atoms with Crippen LogP contribution in [-0.2, 0) is 4.79 Å². The minimum Gasteiger partial charge on any atom is -0.324 e. The van der Waals surface area contributed by atoms with Crippen molar-refractivity contribution in [2.45, 2.75) is 38.8 Å². The summed E-state index contributed by atoms with van der Waals surface area (Å²) in [6.07, 6.45) is 5.61. The number of benzene rings is 1. The van der Waals surface area contributed by atoms with Crippen molar-refractivity contribution in [3.8, 4) is 11.1 Å². The number of aromatic amines is 1. The highest BCUT2D eigenvalue weighted by Crippen LogP contribution is 2.28. The molecule has 1 aromatic heterocycles. The summed E-state index contributed by atoms with van der Waals surface area (Å²) in [5.74, 6) is 0.0853. The molecule has 1 saturated heterocycles. The topological polar surface area (TPSA) is 61.0 Å². The largest absolute Gasteiger partial charge is 0.324 e. The van der Waals surface area contributed by atoms with Crippen molar-refractivity contribution in [2.24, 2.45) is 0 Å². The van der Waals surface area contributed by atoms with Crippen LogP contribution in [0.25, 0.3) is 11.1 Å². The standard InChI is InChI=1S/C17H22N4O/c1-12(2)21-9-5-8-16(21)17(22)20-15-7-4-3-6-14(15)13-10-18-19-11-13/h3-4,6-7,10-12,16H,5,8-9H2,1-2H3,(H,18,19)(H,20,22). The van der Waals surface area contributed by atoms with E-state index < -0.39 is 0 Å². The molecule has 1 atom stereocenters. The highest BCUT2D eigenvalue weighted by atomic mass is 16.2. The first-order chi connectivity index (χ1) is 10.7. The predicted octanol–water partition coefficient (Wildman–Crippen LogP) is 2.89. The number of likely N-dealkylation sites (tertiary alicyclic amines) is 1. The van der Waals surface area contributed by atoms with Gasteiger partial charge in [0.05, 0.1) is 12.2 Å². The van der Waals surface area contributed by atoms with Crippen molar-refractivity contribution in [1.29, 1.82) is 0 Å². The lowest BCUT2D eigenvalue weighted by Gasteiger charge is -2.27. The average Bonchev–Trinajstić information content (AvgIpc) is 3.19. The summed E-state index contributed by atoms with van der Waals surface area (Å²) in [5, 5.41) is 9.90. The Morgan fingerprint density at radius 1 is 1.41 bits per heavy atom. The Kier molecular flexibility index (Phi) is 4.24. The molecule has 0 bridgehead atoms. The summed E-state index contributed by atoms with van der Waals surface area (Å²) in [5.41, 5.74) is 2.80. The Morgan fingerprint density at radius 2 is 2.23 bits per heavy atom. The van der Waals surface area contributed by atoms with E-state index in [4.69, 9.17) is 0 Å².